The van der Waals surface area contributed by atoms with Gasteiger partial charge in [0.25, 0.3) is 0 Å². The highest BCUT2D eigenvalue weighted by atomic mass is 79.9. The molecular weight excluding hydrogens is 257 g/mol. The molecule has 0 saturated carbocycles. The van der Waals surface area contributed by atoms with Gasteiger partial charge in [-0.2, -0.15) is 0 Å². The molecule has 0 aliphatic rings. The fourth-order valence-electron chi connectivity index (χ4n) is 0.653. The maximum Gasteiger partial charge on any atom is 0.153 e. The predicted molar refractivity (Wildman–Crippen MR) is 57.9 cm³/mol. The van der Waals surface area contributed by atoms with Gasteiger partial charge in [0.05, 0.1) is 11.4 Å². The first-order valence-corrected chi connectivity index (χ1v) is 4.45. The third-order valence-electron chi connectivity index (χ3n) is 1.26. The molecule has 1 aromatic rings. The zero-order chi connectivity index (χ0) is 10.4. The average molecular weight is 269 g/mol. The molecule has 0 fully saturated rings. The van der Waals surface area contributed by atoms with Crippen LogP contribution in [0.4, 0.5) is 5.69 Å². The molecule has 5 nitrogen and oxygen atoms in total. The highest BCUT2D eigenvalue weighted by Gasteiger charge is 2.03. The number of rotatable bonds is 1. The van der Waals surface area contributed by atoms with Crippen LogP contribution in [0.1, 0.15) is 5.69 Å². The second-order valence-corrected chi connectivity index (χ2v) is 3.25. The number of aromatic nitrogens is 1. The third kappa shape index (κ3) is 3.45. The van der Waals surface area contributed by atoms with Crippen LogP contribution in [0.3, 0.4) is 0 Å². The van der Waals surface area contributed by atoms with Crippen LogP contribution in [0.2, 0.25) is 5.15 Å². The predicted octanol–water partition coefficient (Wildman–Crippen LogP) is 0.910. The fourth-order valence-corrected chi connectivity index (χ4v) is 1.21. The van der Waals surface area contributed by atoms with Crippen LogP contribution < -0.4 is 23.0 Å². The molecule has 13 heavy (non-hydrogen) atoms. The van der Waals surface area contributed by atoms with Crippen LogP contribution in [0.15, 0.2) is 10.5 Å². The standard InChI is InChI=1S/C6H7BrClN3.H4N2/c1-3-4(7)2-5(11-9)6(8)10-3;1-2/h2,11H,9H2,1H3;1-2H2. The van der Waals surface area contributed by atoms with E-state index in [9.17, 15) is 0 Å². The van der Waals surface area contributed by atoms with Crippen molar-refractivity contribution in [2.45, 2.75) is 6.92 Å². The van der Waals surface area contributed by atoms with Crippen molar-refractivity contribution in [3.05, 3.63) is 21.4 Å². The highest BCUT2D eigenvalue weighted by molar-refractivity contribution is 9.10. The molecule has 7 heteroatoms. The summed E-state index contributed by atoms with van der Waals surface area (Å²) in [6.45, 7) is 1.86. The van der Waals surface area contributed by atoms with Gasteiger partial charge in [-0.1, -0.05) is 11.6 Å². The van der Waals surface area contributed by atoms with E-state index in [1.54, 1.807) is 6.07 Å². The maximum absolute atomic E-state index is 5.73. The second kappa shape index (κ2) is 6.11. The number of aryl methyl sites for hydroxylation is 1. The lowest BCUT2D eigenvalue weighted by Crippen LogP contribution is -2.08. The molecular formula is C6H11BrClN5. The molecule has 0 atom stereocenters. The van der Waals surface area contributed by atoms with Gasteiger partial charge in [0, 0.05) is 4.47 Å². The zero-order valence-corrected chi connectivity index (χ0v) is 9.35. The number of hydrazine groups is 2. The van der Waals surface area contributed by atoms with Crippen LogP contribution in [0.25, 0.3) is 0 Å². The molecule has 0 aliphatic carbocycles. The van der Waals surface area contributed by atoms with E-state index < -0.39 is 0 Å². The Morgan fingerprint density at radius 3 is 2.54 bits per heavy atom. The Balaban J connectivity index is 0.000000671. The van der Waals surface area contributed by atoms with Crippen LogP contribution in [-0.2, 0) is 0 Å². The van der Waals surface area contributed by atoms with E-state index in [2.05, 4.69) is 38.0 Å². The van der Waals surface area contributed by atoms with E-state index in [4.69, 9.17) is 17.4 Å². The Morgan fingerprint density at radius 1 is 1.54 bits per heavy atom. The van der Waals surface area contributed by atoms with E-state index in [0.717, 1.165) is 10.2 Å². The molecule has 0 amide bonds. The number of nitrogens with zero attached hydrogens (tertiary/aromatic N) is 1. The Kier molecular flexibility index (Phi) is 5.93. The van der Waals surface area contributed by atoms with Gasteiger partial charge in [-0.25, -0.2) is 4.98 Å². The number of nitrogen functional groups attached to an aromatic ring is 1. The van der Waals surface area contributed by atoms with Crippen molar-refractivity contribution in [1.82, 2.24) is 4.98 Å². The smallest absolute Gasteiger partial charge is 0.153 e. The molecule has 74 valence electrons. The van der Waals surface area contributed by atoms with E-state index in [-0.39, 0.29) is 0 Å². The highest BCUT2D eigenvalue weighted by Crippen LogP contribution is 2.24. The summed E-state index contributed by atoms with van der Waals surface area (Å²) in [6, 6.07) is 1.78. The van der Waals surface area contributed by atoms with Crippen molar-refractivity contribution < 1.29 is 0 Å². The van der Waals surface area contributed by atoms with Crippen LogP contribution in [0.5, 0.6) is 0 Å². The summed E-state index contributed by atoms with van der Waals surface area (Å²) in [5, 5.41) is 0.383. The van der Waals surface area contributed by atoms with Gasteiger partial charge in [-0.15, -0.1) is 0 Å². The largest absolute Gasteiger partial charge is 0.321 e. The second-order valence-electron chi connectivity index (χ2n) is 2.04. The topological polar surface area (TPSA) is 103 Å². The van der Waals surface area contributed by atoms with E-state index in [0.29, 0.717) is 10.8 Å². The Bertz CT molecular complexity index is 280. The van der Waals surface area contributed by atoms with Gasteiger partial charge in [-0.05, 0) is 28.9 Å². The quantitative estimate of drug-likeness (QED) is 0.344. The van der Waals surface area contributed by atoms with Crippen molar-refractivity contribution >= 4 is 33.2 Å². The number of hydrogen-bond acceptors (Lipinski definition) is 5. The maximum atomic E-state index is 5.73. The Morgan fingerprint density at radius 2 is 2.08 bits per heavy atom. The molecule has 7 N–H and O–H groups in total. The monoisotopic (exact) mass is 267 g/mol. The lowest BCUT2D eigenvalue weighted by Gasteiger charge is -2.04. The molecule has 1 rings (SSSR count). The van der Waals surface area contributed by atoms with Gasteiger partial charge >= 0.3 is 0 Å². The van der Waals surface area contributed by atoms with Crippen molar-refractivity contribution in [3.8, 4) is 0 Å². The molecule has 0 spiro atoms. The van der Waals surface area contributed by atoms with E-state index in [1.807, 2.05) is 6.92 Å². The van der Waals surface area contributed by atoms with Crippen molar-refractivity contribution in [3.63, 3.8) is 0 Å². The molecule has 0 unspecified atom stereocenters. The lowest BCUT2D eigenvalue weighted by molar-refractivity contribution is 1.17. The van der Waals surface area contributed by atoms with Crippen LogP contribution >= 0.6 is 27.5 Å². The summed E-state index contributed by atoms with van der Waals surface area (Å²) in [4.78, 5) is 4.02. The molecule has 1 aromatic heterocycles. The Labute approximate surface area is 89.7 Å². The molecule has 0 radical (unpaired) electrons. The van der Waals surface area contributed by atoms with Gasteiger partial charge in [-0.3, -0.25) is 17.5 Å². The van der Waals surface area contributed by atoms with Crippen molar-refractivity contribution in [2.24, 2.45) is 17.5 Å². The van der Waals surface area contributed by atoms with Crippen molar-refractivity contribution in [2.75, 3.05) is 5.43 Å². The summed E-state index contributed by atoms with van der Waals surface area (Å²) in [5.41, 5.74) is 3.90. The SMILES string of the molecule is Cc1nc(Cl)c(NN)cc1Br.NN. The minimum absolute atomic E-state index is 0.383. The first-order chi connectivity index (χ1) is 6.15. The molecule has 1 heterocycles. The van der Waals surface area contributed by atoms with Crippen molar-refractivity contribution in [1.29, 1.82) is 0 Å². The summed E-state index contributed by atoms with van der Waals surface area (Å²) in [5.74, 6) is 13.2. The molecule has 0 aromatic carbocycles. The molecule has 0 bridgehead atoms. The normalized spacial score (nSPS) is 8.77. The van der Waals surface area contributed by atoms with E-state index in [1.165, 1.54) is 0 Å². The molecule has 0 aliphatic heterocycles. The number of anilines is 1. The number of nitrogens with two attached hydrogens (primary N) is 3. The summed E-state index contributed by atoms with van der Waals surface area (Å²) in [6.07, 6.45) is 0. The summed E-state index contributed by atoms with van der Waals surface area (Å²) >= 11 is 9.03. The fraction of sp³-hybridized carbons (Fsp3) is 0.167. The average Bonchev–Trinajstić information content (AvgIpc) is 2.15. The number of halogens is 2. The first-order valence-electron chi connectivity index (χ1n) is 3.27. The Hall–Kier alpha value is -0.400. The van der Waals surface area contributed by atoms with E-state index >= 15 is 0 Å². The van der Waals surface area contributed by atoms with Gasteiger partial charge in [0.2, 0.25) is 0 Å². The zero-order valence-electron chi connectivity index (χ0n) is 7.01. The molecule has 0 saturated heterocycles. The minimum Gasteiger partial charge on any atom is -0.321 e. The van der Waals surface area contributed by atoms with Gasteiger partial charge < -0.3 is 5.43 Å². The number of hydrogen-bond donors (Lipinski definition) is 4. The third-order valence-corrected chi connectivity index (χ3v) is 2.35. The van der Waals surface area contributed by atoms with Crippen LogP contribution in [0, 0.1) is 6.92 Å². The first kappa shape index (κ1) is 12.6. The summed E-state index contributed by atoms with van der Waals surface area (Å²) in [7, 11) is 0. The summed E-state index contributed by atoms with van der Waals surface area (Å²) < 4.78 is 0.884. The number of nitrogens with one attached hydrogen (secondary N) is 1. The minimum atomic E-state index is 0.383. The van der Waals surface area contributed by atoms with Gasteiger partial charge in [0.1, 0.15) is 0 Å². The lowest BCUT2D eigenvalue weighted by atomic mass is 10.3. The van der Waals surface area contributed by atoms with Crippen LogP contribution in [-0.4, -0.2) is 4.98 Å². The number of pyridine rings is 1. The van der Waals surface area contributed by atoms with Gasteiger partial charge in [0.15, 0.2) is 5.15 Å².